The summed E-state index contributed by atoms with van der Waals surface area (Å²) in [5, 5.41) is 0. The summed E-state index contributed by atoms with van der Waals surface area (Å²) in [5.74, 6) is -3.34. The van der Waals surface area contributed by atoms with Crippen molar-refractivity contribution in [1.29, 1.82) is 0 Å². The van der Waals surface area contributed by atoms with Gasteiger partial charge < -0.3 is 10.9 Å². The molecule has 0 saturated carbocycles. The Kier molecular flexibility index (Phi) is 2.34. The molecule has 0 fully saturated rings. The molecule has 0 saturated heterocycles. The highest BCUT2D eigenvalue weighted by atomic mass is 19.3. The Hall–Kier alpha value is -0.840. The van der Waals surface area contributed by atoms with E-state index in [4.69, 9.17) is 0 Å². The number of allylic oxidation sites excluding steroid dienone is 2. The van der Waals surface area contributed by atoms with Crippen LogP contribution in [0.15, 0.2) is 11.4 Å². The lowest BCUT2D eigenvalue weighted by Gasteiger charge is -2.26. The summed E-state index contributed by atoms with van der Waals surface area (Å²) in [5.41, 5.74) is 8.44. The molecule has 0 bridgehead atoms. The second-order valence-electron chi connectivity index (χ2n) is 4.00. The van der Waals surface area contributed by atoms with Gasteiger partial charge in [-0.05, 0) is 19.3 Å². The summed E-state index contributed by atoms with van der Waals surface area (Å²) >= 11 is 0. The zero-order chi connectivity index (χ0) is 10.2. The van der Waals surface area contributed by atoms with E-state index in [2.05, 4.69) is 16.4 Å². The van der Waals surface area contributed by atoms with Gasteiger partial charge in [-0.3, -0.25) is 0 Å². The first-order chi connectivity index (χ1) is 6.62. The lowest BCUT2D eigenvalue weighted by Crippen LogP contribution is -2.39. The predicted octanol–water partition coefficient (Wildman–Crippen LogP) is 1.66. The van der Waals surface area contributed by atoms with E-state index in [0.717, 1.165) is 12.8 Å². The van der Waals surface area contributed by atoms with Gasteiger partial charge in [0.2, 0.25) is 0 Å². The highest BCUT2D eigenvalue weighted by Gasteiger charge is 2.44. The van der Waals surface area contributed by atoms with Crippen LogP contribution in [0, 0.1) is 5.92 Å². The predicted molar refractivity (Wildman–Crippen MR) is 49.0 cm³/mol. The first kappa shape index (κ1) is 9.71. The minimum absolute atomic E-state index is 0.0321. The highest BCUT2D eigenvalue weighted by molar-refractivity contribution is 5.22. The first-order valence-electron chi connectivity index (χ1n) is 5.01. The molecule has 1 atom stereocenters. The van der Waals surface area contributed by atoms with Gasteiger partial charge in [0.1, 0.15) is 5.70 Å². The molecule has 0 amide bonds. The molecule has 3 N–H and O–H groups in total. The molecular formula is C9H15F2N3. The maximum Gasteiger partial charge on any atom is 0.292 e. The van der Waals surface area contributed by atoms with Crippen LogP contribution in [0.1, 0.15) is 32.6 Å². The van der Waals surface area contributed by atoms with Crippen LogP contribution in [0.2, 0.25) is 0 Å². The molecule has 80 valence electrons. The number of hydrazine groups is 2. The Labute approximate surface area is 81.9 Å². The quantitative estimate of drug-likeness (QED) is 0.560. The van der Waals surface area contributed by atoms with E-state index in [-0.39, 0.29) is 5.70 Å². The third-order valence-electron chi connectivity index (χ3n) is 2.97. The minimum atomic E-state index is -2.74. The fraction of sp³-hybridized carbons (Fsp3) is 0.778. The molecule has 1 aliphatic carbocycles. The first-order valence-corrected chi connectivity index (χ1v) is 5.01. The summed E-state index contributed by atoms with van der Waals surface area (Å²) in [6.07, 6.45) is 3.12. The van der Waals surface area contributed by atoms with Gasteiger partial charge in [0.05, 0.1) is 5.70 Å². The largest absolute Gasteiger partial charge is 0.306 e. The molecular weight excluding hydrogens is 188 g/mol. The zero-order valence-electron chi connectivity index (χ0n) is 8.16. The zero-order valence-corrected chi connectivity index (χ0v) is 8.16. The second kappa shape index (κ2) is 3.38. The van der Waals surface area contributed by atoms with Crippen molar-refractivity contribution in [3.05, 3.63) is 11.4 Å². The summed E-state index contributed by atoms with van der Waals surface area (Å²) in [4.78, 5) is 0. The van der Waals surface area contributed by atoms with Crippen LogP contribution in [0.5, 0.6) is 0 Å². The average Bonchev–Trinajstić information content (AvgIpc) is 2.58. The van der Waals surface area contributed by atoms with Gasteiger partial charge in [0.15, 0.2) is 0 Å². The highest BCUT2D eigenvalue weighted by Crippen LogP contribution is 2.38. The number of hydrogen-bond donors (Lipinski definition) is 3. The maximum absolute atomic E-state index is 13.8. The molecule has 0 radical (unpaired) electrons. The van der Waals surface area contributed by atoms with Gasteiger partial charge >= 0.3 is 0 Å². The number of hydrogen-bond acceptors (Lipinski definition) is 3. The molecule has 1 aliphatic heterocycles. The normalized spacial score (nSPS) is 31.2. The standard InChI is InChI=1S/C9H15F2N3/c1-6-4-2-3-5-7-8(9(6,10)11)13-14-12-7/h6,12-14H,2-5H2,1H3. The Morgan fingerprint density at radius 1 is 1.29 bits per heavy atom. The van der Waals surface area contributed by atoms with Crippen molar-refractivity contribution in [3.8, 4) is 0 Å². The SMILES string of the molecule is CC1CCCCC2=C(NNN2)C1(F)F. The third kappa shape index (κ3) is 1.45. The molecule has 14 heavy (non-hydrogen) atoms. The fourth-order valence-corrected chi connectivity index (χ4v) is 1.96. The number of rotatable bonds is 0. The molecule has 1 heterocycles. The van der Waals surface area contributed by atoms with E-state index in [0.29, 0.717) is 18.5 Å². The maximum atomic E-state index is 13.8. The van der Waals surface area contributed by atoms with E-state index in [9.17, 15) is 8.78 Å². The summed E-state index contributed by atoms with van der Waals surface area (Å²) in [6, 6.07) is 0. The van der Waals surface area contributed by atoms with E-state index >= 15 is 0 Å². The van der Waals surface area contributed by atoms with Crippen molar-refractivity contribution in [3.63, 3.8) is 0 Å². The van der Waals surface area contributed by atoms with Gasteiger partial charge in [0.25, 0.3) is 5.92 Å². The van der Waals surface area contributed by atoms with Crippen LogP contribution in [-0.4, -0.2) is 5.92 Å². The van der Waals surface area contributed by atoms with Crippen molar-refractivity contribution in [2.75, 3.05) is 0 Å². The van der Waals surface area contributed by atoms with Gasteiger partial charge in [-0.1, -0.05) is 13.3 Å². The molecule has 2 rings (SSSR count). The molecule has 0 spiro atoms. The Balaban J connectivity index is 2.31. The molecule has 3 nitrogen and oxygen atoms in total. The van der Waals surface area contributed by atoms with Crippen LogP contribution in [0.25, 0.3) is 0 Å². The monoisotopic (exact) mass is 203 g/mol. The van der Waals surface area contributed by atoms with Crippen LogP contribution in [-0.2, 0) is 0 Å². The van der Waals surface area contributed by atoms with Crippen molar-refractivity contribution in [1.82, 2.24) is 16.4 Å². The number of alkyl halides is 2. The van der Waals surface area contributed by atoms with E-state index in [1.807, 2.05) is 0 Å². The summed E-state index contributed by atoms with van der Waals surface area (Å²) < 4.78 is 27.6. The lowest BCUT2D eigenvalue weighted by molar-refractivity contribution is -0.0257. The Morgan fingerprint density at radius 3 is 2.86 bits per heavy atom. The summed E-state index contributed by atoms with van der Waals surface area (Å²) in [6.45, 7) is 1.61. The number of halogens is 2. The molecule has 0 aromatic heterocycles. The van der Waals surface area contributed by atoms with Crippen molar-refractivity contribution in [2.24, 2.45) is 5.92 Å². The van der Waals surface area contributed by atoms with E-state index in [1.165, 1.54) is 0 Å². The number of nitrogens with one attached hydrogen (secondary N) is 3. The molecule has 0 aromatic carbocycles. The second-order valence-corrected chi connectivity index (χ2v) is 4.00. The van der Waals surface area contributed by atoms with Crippen LogP contribution < -0.4 is 16.4 Å². The molecule has 1 unspecified atom stereocenters. The van der Waals surface area contributed by atoms with Crippen molar-refractivity contribution >= 4 is 0 Å². The fourth-order valence-electron chi connectivity index (χ4n) is 1.96. The molecule has 2 aliphatic rings. The van der Waals surface area contributed by atoms with Gasteiger partial charge in [0, 0.05) is 5.92 Å². The lowest BCUT2D eigenvalue weighted by atomic mass is 9.90. The van der Waals surface area contributed by atoms with Crippen molar-refractivity contribution < 1.29 is 8.78 Å². The molecule has 5 heteroatoms. The average molecular weight is 203 g/mol. The Morgan fingerprint density at radius 2 is 2.07 bits per heavy atom. The smallest absolute Gasteiger partial charge is 0.292 e. The topological polar surface area (TPSA) is 36.1 Å². The van der Waals surface area contributed by atoms with Gasteiger partial charge in [-0.25, -0.2) is 0 Å². The van der Waals surface area contributed by atoms with Crippen LogP contribution >= 0.6 is 0 Å². The minimum Gasteiger partial charge on any atom is -0.306 e. The molecule has 0 aromatic rings. The summed E-state index contributed by atoms with van der Waals surface area (Å²) in [7, 11) is 0. The Bertz CT molecular complexity index is 263. The van der Waals surface area contributed by atoms with E-state index < -0.39 is 11.8 Å². The van der Waals surface area contributed by atoms with Crippen molar-refractivity contribution in [2.45, 2.75) is 38.5 Å². The van der Waals surface area contributed by atoms with Crippen LogP contribution in [0.3, 0.4) is 0 Å². The van der Waals surface area contributed by atoms with E-state index in [1.54, 1.807) is 6.92 Å². The van der Waals surface area contributed by atoms with Crippen LogP contribution in [0.4, 0.5) is 8.78 Å². The van der Waals surface area contributed by atoms with Gasteiger partial charge in [-0.2, -0.15) is 14.3 Å². The third-order valence-corrected chi connectivity index (χ3v) is 2.97. The van der Waals surface area contributed by atoms with Gasteiger partial charge in [-0.15, -0.1) is 0 Å².